The van der Waals surface area contributed by atoms with E-state index in [1.165, 1.54) is 257 Å². The van der Waals surface area contributed by atoms with Crippen LogP contribution in [0.25, 0.3) is 0 Å². The fourth-order valence-corrected chi connectivity index (χ4v) is 40.8. The van der Waals surface area contributed by atoms with Crippen LogP contribution in [0.2, 0.25) is 0 Å². The van der Waals surface area contributed by atoms with Gasteiger partial charge in [0.15, 0.2) is 0 Å². The Kier molecular flexibility index (Phi) is 32.4. The van der Waals surface area contributed by atoms with E-state index in [0.29, 0.717) is 0 Å². The Labute approximate surface area is 791 Å². The van der Waals surface area contributed by atoms with Crippen LogP contribution in [0.5, 0.6) is 0 Å². The van der Waals surface area contributed by atoms with E-state index in [-0.39, 0.29) is 0 Å². The van der Waals surface area contributed by atoms with Gasteiger partial charge in [-0.05, 0) is 492 Å². The van der Waals surface area contributed by atoms with E-state index in [1.807, 2.05) is 0 Å². The minimum absolute atomic E-state index is 0.877. The van der Waals surface area contributed by atoms with Crippen molar-refractivity contribution in [3.63, 3.8) is 0 Å². The minimum Gasteiger partial charge on any atom is -0.294 e. The van der Waals surface area contributed by atoms with Gasteiger partial charge in [0, 0.05) is 109 Å². The highest BCUT2D eigenvalue weighted by atomic mass is 15.3. The monoisotopic (exact) mass is 1760 g/mol. The molecule has 0 amide bonds. The summed E-state index contributed by atoms with van der Waals surface area (Å²) < 4.78 is 0. The Hall–Kier alpha value is -0.240. The molecule has 22 rings (SSSR count). The van der Waals surface area contributed by atoms with Crippen molar-refractivity contribution in [2.24, 2.45) is 107 Å². The van der Waals surface area contributed by atoms with Gasteiger partial charge in [-0.3, -0.25) is 29.4 Å². The average Bonchev–Trinajstić information content (AvgIpc) is 0.918. The molecule has 0 aromatic carbocycles. The zero-order valence-electron chi connectivity index (χ0n) is 84.3. The van der Waals surface area contributed by atoms with Crippen LogP contribution in [0, 0.1) is 107 Å². The second-order valence-corrected chi connectivity index (χ2v) is 53.9. The molecule has 4 atom stereocenters. The summed E-state index contributed by atoms with van der Waals surface area (Å²) >= 11 is 0. The first-order chi connectivity index (χ1) is 63.4. The van der Waals surface area contributed by atoms with Crippen LogP contribution >= 0.6 is 0 Å². The highest BCUT2D eigenvalue weighted by Crippen LogP contribution is 2.60. The van der Waals surface area contributed by atoms with Gasteiger partial charge in [-0.1, -0.05) is 167 Å². The zero-order chi connectivity index (χ0) is 85.1. The first kappa shape index (κ1) is 92.8. The first-order valence-electron chi connectivity index (χ1n) is 62.1. The van der Waals surface area contributed by atoms with Crippen LogP contribution in [0.4, 0.5) is 0 Å². The number of rotatable bonds is 26. The third kappa shape index (κ3) is 21.2. The number of hydrogen-bond acceptors (Lipinski definition) is 6. The Morgan fingerprint density at radius 3 is 0.344 bits per heavy atom. The van der Waals surface area contributed by atoms with E-state index in [0.717, 1.165) is 215 Å². The maximum Gasteiger partial charge on any atom is 0.0133 e. The normalized spacial score (nSPS) is 44.4. The molecule has 0 N–H and O–H groups in total. The molecule has 0 saturated heterocycles. The predicted molar refractivity (Wildman–Crippen MR) is 539 cm³/mol. The van der Waals surface area contributed by atoms with Gasteiger partial charge in [0.25, 0.3) is 0 Å². The Bertz CT molecular complexity index is 2700. The molecule has 22 saturated carbocycles. The van der Waals surface area contributed by atoms with E-state index < -0.39 is 0 Å². The average molecular weight is 1760 g/mol. The van der Waals surface area contributed by atoms with E-state index in [2.05, 4.69) is 29.4 Å². The predicted octanol–water partition coefficient (Wildman–Crippen LogP) is 32.4. The fourth-order valence-electron chi connectivity index (χ4n) is 40.8. The Balaban J connectivity index is 0.462. The smallest absolute Gasteiger partial charge is 0.0133 e. The number of hydrogen-bond donors (Lipinski definition) is 0. The number of nitrogens with zero attached hydrogens (tertiary/aromatic N) is 6. The molecule has 0 radical (unpaired) electrons. The van der Waals surface area contributed by atoms with Gasteiger partial charge in [0.1, 0.15) is 0 Å². The molecule has 22 aliphatic rings. The standard InChI is InChI=1S/C122H208N6/c1-9-27-103(28-10-1)123(104-29-11-2-12-30-104)111-61-45-87(46-62-111)95-79-99(80-95)91-53-69-115(70-54-91)127(116-71-55-92(56-72-116)100-81-96(82-100)88-47-63-112(64-48-88)124(105-31-13-3-14-32-105)106-33-15-4-16-34-106)121-77-78-122(120-44-26-25-43-119(120)121)128(117-73-57-93(58-74-117)101-83-97(84-101)89-49-65-113(66-50-89)125(107-35-17-5-18-36-107)108-37-19-6-20-38-108)118-75-59-94(60-76-118)102-85-98(86-102)90-51-67-114(68-52-90)126(109-39-21-7-22-40-109)110-41-23-8-24-42-110/h87-122H,1-86H2. The molecular weight excluding hydrogens is 1550 g/mol. The molecular formula is C122H208N6. The summed E-state index contributed by atoms with van der Waals surface area (Å²) in [6.45, 7) is 0. The summed E-state index contributed by atoms with van der Waals surface area (Å²) in [5.41, 5.74) is 0. The highest BCUT2D eigenvalue weighted by Gasteiger charge is 2.56. The molecule has 0 spiro atoms. The second kappa shape index (κ2) is 44.7. The Morgan fingerprint density at radius 1 is 0.0859 bits per heavy atom. The molecule has 0 aromatic heterocycles. The van der Waals surface area contributed by atoms with Crippen LogP contribution in [0.1, 0.15) is 552 Å². The molecule has 0 bridgehead atoms. The van der Waals surface area contributed by atoms with Crippen molar-refractivity contribution < 1.29 is 0 Å². The van der Waals surface area contributed by atoms with Gasteiger partial charge in [-0.15, -0.1) is 0 Å². The largest absolute Gasteiger partial charge is 0.294 e. The topological polar surface area (TPSA) is 19.4 Å². The minimum atomic E-state index is 0.877. The van der Waals surface area contributed by atoms with Gasteiger partial charge in [-0.2, -0.15) is 0 Å². The van der Waals surface area contributed by atoms with E-state index in [1.54, 1.807) is 295 Å². The molecule has 4 unspecified atom stereocenters. The third-order valence-corrected chi connectivity index (χ3v) is 47.8. The molecule has 6 nitrogen and oxygen atoms in total. The maximum absolute atomic E-state index is 3.62. The van der Waals surface area contributed by atoms with Crippen molar-refractivity contribution >= 4 is 0 Å². The molecule has 6 heteroatoms. The van der Waals surface area contributed by atoms with Crippen molar-refractivity contribution in [2.45, 2.75) is 661 Å². The molecule has 22 fully saturated rings. The summed E-state index contributed by atoms with van der Waals surface area (Å²) in [5, 5.41) is 0. The molecule has 0 aliphatic heterocycles. The lowest BCUT2D eigenvalue weighted by atomic mass is 9.58. The van der Waals surface area contributed by atoms with Crippen molar-refractivity contribution in [3.8, 4) is 0 Å². The van der Waals surface area contributed by atoms with Gasteiger partial charge in [0.2, 0.25) is 0 Å². The summed E-state index contributed by atoms with van der Waals surface area (Å²) in [7, 11) is 0. The van der Waals surface area contributed by atoms with Crippen LogP contribution in [-0.4, -0.2) is 138 Å². The van der Waals surface area contributed by atoms with E-state index in [9.17, 15) is 0 Å². The van der Waals surface area contributed by atoms with Gasteiger partial charge in [0.05, 0.1) is 0 Å². The van der Waals surface area contributed by atoms with E-state index in [4.69, 9.17) is 0 Å². The summed E-state index contributed by atoms with van der Waals surface area (Å²) in [4.78, 5) is 20.3. The lowest BCUT2D eigenvalue weighted by Gasteiger charge is -2.59. The van der Waals surface area contributed by atoms with Crippen molar-refractivity contribution in [2.75, 3.05) is 0 Å². The lowest BCUT2D eigenvalue weighted by Crippen LogP contribution is -2.63. The van der Waals surface area contributed by atoms with Crippen molar-refractivity contribution in [3.05, 3.63) is 0 Å². The number of fused-ring (bicyclic) bond motifs is 1. The quantitative estimate of drug-likeness (QED) is 0.0854. The lowest BCUT2D eigenvalue weighted by molar-refractivity contribution is -0.0970. The van der Waals surface area contributed by atoms with Crippen LogP contribution < -0.4 is 0 Å². The van der Waals surface area contributed by atoms with Gasteiger partial charge in [-0.25, -0.2) is 0 Å². The highest BCUT2D eigenvalue weighted by molar-refractivity contribution is 5.09. The second-order valence-electron chi connectivity index (χ2n) is 53.9. The van der Waals surface area contributed by atoms with Crippen molar-refractivity contribution in [1.29, 1.82) is 0 Å². The first-order valence-corrected chi connectivity index (χ1v) is 62.1. The summed E-state index contributed by atoms with van der Waals surface area (Å²) in [6.07, 6.45) is 133. The molecule has 0 aromatic rings. The Morgan fingerprint density at radius 2 is 0.203 bits per heavy atom. The van der Waals surface area contributed by atoms with E-state index >= 15 is 0 Å². The van der Waals surface area contributed by atoms with Crippen LogP contribution in [-0.2, 0) is 0 Å². The van der Waals surface area contributed by atoms with Gasteiger partial charge >= 0.3 is 0 Å². The molecule has 128 heavy (non-hydrogen) atoms. The summed E-state index contributed by atoms with van der Waals surface area (Å²) in [6, 6.07) is 16.4. The summed E-state index contributed by atoms with van der Waals surface area (Å²) in [5.74, 6) is 18.9. The van der Waals surface area contributed by atoms with Crippen LogP contribution in [0.15, 0.2) is 0 Å². The third-order valence-electron chi connectivity index (χ3n) is 47.8. The molecule has 0 heterocycles. The van der Waals surface area contributed by atoms with Crippen LogP contribution in [0.3, 0.4) is 0 Å². The molecule has 726 valence electrons. The van der Waals surface area contributed by atoms with Gasteiger partial charge < -0.3 is 0 Å². The van der Waals surface area contributed by atoms with Crippen molar-refractivity contribution in [1.82, 2.24) is 29.4 Å². The zero-order valence-corrected chi connectivity index (χ0v) is 84.3. The maximum atomic E-state index is 3.62. The molecule has 22 aliphatic carbocycles. The SMILES string of the molecule is C1CCC(N(C2CCCCC2)C2CCC(C3CC(C4CCC(N(C5CCC(C6CC(C7CCC(N(C8CCCCC8)C8CCCCC8)CC7)C6)CC5)C5CCC(N(C6CCC(C7CC(C8CCC(N(C9CCCCC9)C9CCCCC9)CC8)C7)CC6)C6CCC(C7CC(C8CCC(N(C9CCCCC9)C9CCCCC9)CC8)C7)CC6)C6CCCCC65)CC4)C3)CC2)CC1. The fraction of sp³-hybridized carbons (Fsp3) is 1.00.